The summed E-state index contributed by atoms with van der Waals surface area (Å²) in [7, 11) is 0. The third-order valence-corrected chi connectivity index (χ3v) is 6.59. The van der Waals surface area contributed by atoms with E-state index in [4.69, 9.17) is 27.1 Å². The summed E-state index contributed by atoms with van der Waals surface area (Å²) in [5.74, 6) is 0.628. The molecule has 9 nitrogen and oxygen atoms in total. The van der Waals surface area contributed by atoms with Gasteiger partial charge >= 0.3 is 6.09 Å². The van der Waals surface area contributed by atoms with Crippen LogP contribution in [0.1, 0.15) is 26.7 Å². The number of primary amides is 1. The van der Waals surface area contributed by atoms with Crippen molar-refractivity contribution in [3.8, 4) is 17.1 Å². The van der Waals surface area contributed by atoms with Crippen LogP contribution in [-0.4, -0.2) is 50.5 Å². The number of nitrogens with zero attached hydrogens (tertiary/aromatic N) is 5. The lowest BCUT2D eigenvalue weighted by atomic mass is 9.99. The zero-order valence-corrected chi connectivity index (χ0v) is 21.2. The number of hydrogen-bond donors (Lipinski definition) is 2. The lowest BCUT2D eigenvalue weighted by Crippen LogP contribution is -2.58. The summed E-state index contributed by atoms with van der Waals surface area (Å²) in [6.07, 6.45) is 1.66. The van der Waals surface area contributed by atoms with Crippen LogP contribution in [-0.2, 0) is 4.74 Å². The van der Waals surface area contributed by atoms with Crippen LogP contribution in [0, 0.1) is 5.82 Å². The third-order valence-electron chi connectivity index (χ3n) is 6.34. The average Bonchev–Trinajstić information content (AvgIpc) is 3.24. The number of ether oxygens (including phenoxy) is 1. The monoisotopic (exact) mass is 523 g/mol. The molecule has 3 heterocycles. The minimum Gasteiger partial charge on any atom is -0.428 e. The molecule has 0 atom stereocenters. The van der Waals surface area contributed by atoms with Crippen molar-refractivity contribution in [2.45, 2.75) is 38.5 Å². The van der Waals surface area contributed by atoms with Crippen LogP contribution in [0.4, 0.5) is 15.0 Å². The molecule has 1 aliphatic heterocycles. The Morgan fingerprint density at radius 1 is 1.14 bits per heavy atom. The Morgan fingerprint density at radius 2 is 1.84 bits per heavy atom. The fraction of sp³-hybridized carbons (Fsp3) is 0.308. The topological polar surface area (TPSA) is 111 Å². The molecule has 3 N–H and O–H groups in total. The zero-order valence-electron chi connectivity index (χ0n) is 20.5. The molecule has 1 fully saturated rings. The van der Waals surface area contributed by atoms with E-state index >= 15 is 0 Å². The fourth-order valence-corrected chi connectivity index (χ4v) is 4.97. The Kier molecular flexibility index (Phi) is 6.70. The minimum atomic E-state index is -0.857. The molecule has 1 saturated heterocycles. The number of piperidine rings is 1. The van der Waals surface area contributed by atoms with Crippen LogP contribution in [0.3, 0.4) is 0 Å². The molecule has 0 unspecified atom stereocenters. The Bertz CT molecular complexity index is 1430. The van der Waals surface area contributed by atoms with E-state index in [1.54, 1.807) is 34.9 Å². The summed E-state index contributed by atoms with van der Waals surface area (Å²) >= 11 is 6.12. The second kappa shape index (κ2) is 9.95. The van der Waals surface area contributed by atoms with Gasteiger partial charge in [-0.15, -0.1) is 0 Å². The molecule has 0 aliphatic carbocycles. The summed E-state index contributed by atoms with van der Waals surface area (Å²) in [6.45, 7) is 5.03. The molecule has 2 aromatic heterocycles. The number of nitrogens with one attached hydrogen (secondary N) is 1. The maximum absolute atomic E-state index is 14.9. The number of fused-ring (bicyclic) bond motifs is 1. The third kappa shape index (κ3) is 4.94. The molecule has 0 bridgehead atoms. The van der Waals surface area contributed by atoms with Crippen molar-refractivity contribution in [2.75, 3.05) is 18.0 Å². The summed E-state index contributed by atoms with van der Waals surface area (Å²) in [6, 6.07) is 13.8. The van der Waals surface area contributed by atoms with Crippen molar-refractivity contribution < 1.29 is 13.9 Å². The number of imidazole rings is 1. The van der Waals surface area contributed by atoms with Crippen molar-refractivity contribution in [3.63, 3.8) is 0 Å². The average molecular weight is 524 g/mol. The first kappa shape index (κ1) is 24.9. The maximum Gasteiger partial charge on any atom is 0.406 e. The second-order valence-corrected chi connectivity index (χ2v) is 9.73. The first-order chi connectivity index (χ1) is 17.8. The van der Waals surface area contributed by atoms with Gasteiger partial charge < -0.3 is 15.4 Å². The quantitative estimate of drug-likeness (QED) is 0.353. The van der Waals surface area contributed by atoms with Crippen molar-refractivity contribution in [3.05, 3.63) is 65.7 Å². The number of hydrogen-bond acceptors (Lipinski definition) is 7. The molecule has 37 heavy (non-hydrogen) atoms. The van der Waals surface area contributed by atoms with Gasteiger partial charge in [0.2, 0.25) is 0 Å². The van der Waals surface area contributed by atoms with E-state index in [-0.39, 0.29) is 6.04 Å². The SMILES string of the molecule is CC(C)NC1(OC(N)=O)CCN(c2ncnc3c2nc(-c2ccccc2F)n3-c2ccc(Cl)cc2)CC1. The van der Waals surface area contributed by atoms with Crippen molar-refractivity contribution >= 4 is 34.7 Å². The molecule has 192 valence electrons. The van der Waals surface area contributed by atoms with Crippen LogP contribution in [0.5, 0.6) is 0 Å². The molecular weight excluding hydrogens is 497 g/mol. The molecule has 5 rings (SSSR count). The Morgan fingerprint density at radius 3 is 2.49 bits per heavy atom. The predicted octanol–water partition coefficient (Wildman–Crippen LogP) is 4.66. The Hall–Kier alpha value is -3.76. The number of carbonyl (C=O) groups is 1. The van der Waals surface area contributed by atoms with Gasteiger partial charge in [0.25, 0.3) is 0 Å². The number of rotatable bonds is 6. The molecule has 11 heteroatoms. The van der Waals surface area contributed by atoms with Crippen molar-refractivity contribution in [1.82, 2.24) is 24.8 Å². The summed E-state index contributed by atoms with van der Waals surface area (Å²) < 4.78 is 22.3. The highest BCUT2D eigenvalue weighted by atomic mass is 35.5. The molecule has 0 radical (unpaired) electrons. The van der Waals surface area contributed by atoms with E-state index < -0.39 is 17.6 Å². The smallest absolute Gasteiger partial charge is 0.406 e. The van der Waals surface area contributed by atoms with Crippen LogP contribution >= 0.6 is 11.6 Å². The van der Waals surface area contributed by atoms with Crippen LogP contribution < -0.4 is 16.0 Å². The normalized spacial score (nSPS) is 15.3. The Labute approximate surface area is 218 Å². The molecule has 2 aromatic carbocycles. The number of anilines is 1. The number of benzene rings is 2. The minimum absolute atomic E-state index is 0.0926. The first-order valence-electron chi connectivity index (χ1n) is 12.0. The van der Waals surface area contributed by atoms with Gasteiger partial charge in [-0.2, -0.15) is 0 Å². The number of nitrogens with two attached hydrogens (primary N) is 1. The number of aromatic nitrogens is 4. The number of halogens is 2. The molecule has 0 saturated carbocycles. The summed E-state index contributed by atoms with van der Waals surface area (Å²) in [4.78, 5) is 27.6. The van der Waals surface area contributed by atoms with E-state index in [9.17, 15) is 9.18 Å². The van der Waals surface area contributed by atoms with Crippen molar-refractivity contribution in [1.29, 1.82) is 0 Å². The Balaban J connectivity index is 1.59. The van der Waals surface area contributed by atoms with Gasteiger partial charge in [-0.25, -0.2) is 24.1 Å². The highest BCUT2D eigenvalue weighted by Crippen LogP contribution is 2.35. The molecule has 1 aliphatic rings. The van der Waals surface area contributed by atoms with Gasteiger partial charge in [0.1, 0.15) is 18.0 Å². The first-order valence-corrected chi connectivity index (χ1v) is 12.4. The van der Waals surface area contributed by atoms with Gasteiger partial charge in [0.15, 0.2) is 22.7 Å². The number of carbonyl (C=O) groups excluding carboxylic acids is 1. The van der Waals surface area contributed by atoms with Gasteiger partial charge in [-0.05, 0) is 50.2 Å². The molecule has 0 spiro atoms. The van der Waals surface area contributed by atoms with E-state index in [1.165, 1.54) is 12.4 Å². The van der Waals surface area contributed by atoms with Gasteiger partial charge in [-0.1, -0.05) is 23.7 Å². The fourth-order valence-electron chi connectivity index (χ4n) is 4.84. The molecule has 1 amide bonds. The summed E-state index contributed by atoms with van der Waals surface area (Å²) in [5, 5.41) is 3.93. The van der Waals surface area contributed by atoms with E-state index in [1.807, 2.05) is 26.0 Å². The van der Waals surface area contributed by atoms with Crippen LogP contribution in [0.2, 0.25) is 5.02 Å². The van der Waals surface area contributed by atoms with Crippen LogP contribution in [0.15, 0.2) is 54.9 Å². The zero-order chi connectivity index (χ0) is 26.2. The lowest BCUT2D eigenvalue weighted by Gasteiger charge is -2.42. The number of amides is 1. The molecular formula is C26H27ClFN7O2. The summed E-state index contributed by atoms with van der Waals surface area (Å²) in [5.41, 5.74) is 6.67. The van der Waals surface area contributed by atoms with E-state index in [0.717, 1.165) is 5.69 Å². The highest BCUT2D eigenvalue weighted by molar-refractivity contribution is 6.30. The highest BCUT2D eigenvalue weighted by Gasteiger charge is 2.39. The maximum atomic E-state index is 14.9. The standard InChI is InChI=1S/C26H27ClFN7O2/c1-16(2)33-26(37-25(29)36)11-13-34(14-12-26)23-21-24(31-15-30-23)35(18-9-7-17(27)8-10-18)22(32-21)19-5-3-4-6-20(19)28/h3-10,15-16,33H,11-14H2,1-2H3,(H2,29,36). The van der Waals surface area contributed by atoms with Crippen molar-refractivity contribution in [2.24, 2.45) is 5.73 Å². The van der Waals surface area contributed by atoms with Gasteiger partial charge in [0, 0.05) is 42.7 Å². The van der Waals surface area contributed by atoms with E-state index in [0.29, 0.717) is 59.3 Å². The lowest BCUT2D eigenvalue weighted by molar-refractivity contribution is -0.0354. The second-order valence-electron chi connectivity index (χ2n) is 9.30. The van der Waals surface area contributed by atoms with Gasteiger partial charge in [0.05, 0.1) is 5.56 Å². The molecule has 4 aromatic rings. The predicted molar refractivity (Wildman–Crippen MR) is 140 cm³/mol. The largest absolute Gasteiger partial charge is 0.428 e. The van der Waals surface area contributed by atoms with E-state index in [2.05, 4.69) is 20.2 Å². The van der Waals surface area contributed by atoms with Gasteiger partial charge in [-0.3, -0.25) is 9.88 Å². The van der Waals surface area contributed by atoms with Crippen LogP contribution in [0.25, 0.3) is 28.2 Å².